The highest BCUT2D eigenvalue weighted by Crippen LogP contribution is 2.25. The maximum absolute atomic E-state index is 12.3. The lowest BCUT2D eigenvalue weighted by Crippen LogP contribution is -2.40. The number of H-pyrrole nitrogens is 1. The van der Waals surface area contributed by atoms with Crippen molar-refractivity contribution < 1.29 is 4.79 Å². The van der Waals surface area contributed by atoms with E-state index in [1.807, 2.05) is 28.6 Å². The van der Waals surface area contributed by atoms with E-state index in [-0.39, 0.29) is 5.91 Å². The lowest BCUT2D eigenvalue weighted by Gasteiger charge is -2.31. The Hall–Kier alpha value is -1.62. The summed E-state index contributed by atoms with van der Waals surface area (Å²) in [5.41, 5.74) is 0. The molecule has 0 bridgehead atoms. The van der Waals surface area contributed by atoms with E-state index >= 15 is 0 Å². The van der Waals surface area contributed by atoms with Gasteiger partial charge < -0.3 is 9.88 Å². The Morgan fingerprint density at radius 2 is 2.53 bits per heavy atom. The molecule has 1 aliphatic rings. The van der Waals surface area contributed by atoms with Crippen LogP contribution in [0.25, 0.3) is 0 Å². The minimum atomic E-state index is 0.235. The predicted octanol–water partition coefficient (Wildman–Crippen LogP) is 2.42. The van der Waals surface area contributed by atoms with Crippen molar-refractivity contribution in [3.63, 3.8) is 0 Å². The van der Waals surface area contributed by atoms with Crippen molar-refractivity contribution in [2.75, 3.05) is 13.1 Å². The van der Waals surface area contributed by atoms with Gasteiger partial charge in [0.1, 0.15) is 5.82 Å². The van der Waals surface area contributed by atoms with Crippen LogP contribution in [-0.4, -0.2) is 33.9 Å². The highest BCUT2D eigenvalue weighted by Gasteiger charge is 2.26. The molecule has 100 valence electrons. The quantitative estimate of drug-likeness (QED) is 0.935. The number of carbonyl (C=O) groups is 1. The van der Waals surface area contributed by atoms with Crippen LogP contribution in [0.2, 0.25) is 0 Å². The Labute approximate surface area is 116 Å². The molecule has 0 aromatic carbocycles. The number of hydrogen-bond donors (Lipinski definition) is 1. The van der Waals surface area contributed by atoms with Crippen LogP contribution in [0.1, 0.15) is 29.5 Å². The van der Waals surface area contributed by atoms with Gasteiger partial charge >= 0.3 is 0 Å². The van der Waals surface area contributed by atoms with Gasteiger partial charge in [-0.3, -0.25) is 4.79 Å². The van der Waals surface area contributed by atoms with Crippen molar-refractivity contribution in [3.05, 3.63) is 40.6 Å². The first-order valence-electron chi connectivity index (χ1n) is 6.62. The average molecular weight is 275 g/mol. The molecule has 1 saturated heterocycles. The molecule has 3 heterocycles. The average Bonchev–Trinajstić information content (AvgIpc) is 3.12. The standard InChI is InChI=1S/C14H17N3OS/c18-13(9-12-4-2-8-19-12)17-7-1-3-11(10-17)14-15-5-6-16-14/h2,4-6,8,11H,1,3,7,9-10H2,(H,15,16)/t11-/m1/s1. The number of carbonyl (C=O) groups excluding carboxylic acids is 1. The maximum atomic E-state index is 12.3. The summed E-state index contributed by atoms with van der Waals surface area (Å²) in [6.45, 7) is 1.67. The molecule has 19 heavy (non-hydrogen) atoms. The number of nitrogens with zero attached hydrogens (tertiary/aromatic N) is 2. The minimum Gasteiger partial charge on any atom is -0.348 e. The lowest BCUT2D eigenvalue weighted by molar-refractivity contribution is -0.131. The maximum Gasteiger partial charge on any atom is 0.227 e. The molecule has 0 aliphatic carbocycles. The van der Waals surface area contributed by atoms with Gasteiger partial charge in [-0.15, -0.1) is 11.3 Å². The molecular formula is C14H17N3OS. The zero-order valence-electron chi connectivity index (χ0n) is 10.7. The molecule has 3 rings (SSSR count). The van der Waals surface area contributed by atoms with Gasteiger partial charge in [-0.2, -0.15) is 0 Å². The number of aromatic amines is 1. The molecule has 2 aromatic rings. The fourth-order valence-corrected chi connectivity index (χ4v) is 3.30. The number of amides is 1. The van der Waals surface area contributed by atoms with Gasteiger partial charge in [0, 0.05) is 36.3 Å². The summed E-state index contributed by atoms with van der Waals surface area (Å²) in [5, 5.41) is 2.02. The second kappa shape index (κ2) is 5.57. The van der Waals surface area contributed by atoms with Crippen molar-refractivity contribution in [1.29, 1.82) is 0 Å². The first-order valence-corrected chi connectivity index (χ1v) is 7.50. The van der Waals surface area contributed by atoms with Crippen LogP contribution >= 0.6 is 11.3 Å². The van der Waals surface area contributed by atoms with Crippen molar-refractivity contribution >= 4 is 17.2 Å². The zero-order chi connectivity index (χ0) is 13.1. The second-order valence-corrected chi connectivity index (χ2v) is 5.94. The minimum absolute atomic E-state index is 0.235. The molecular weight excluding hydrogens is 258 g/mol. The van der Waals surface area contributed by atoms with E-state index in [0.29, 0.717) is 12.3 Å². The second-order valence-electron chi connectivity index (χ2n) is 4.91. The summed E-state index contributed by atoms with van der Waals surface area (Å²) in [7, 11) is 0. The number of thiophene rings is 1. The van der Waals surface area contributed by atoms with Crippen molar-refractivity contribution in [1.82, 2.24) is 14.9 Å². The molecule has 0 spiro atoms. The number of nitrogens with one attached hydrogen (secondary N) is 1. The topological polar surface area (TPSA) is 49.0 Å². The Bertz CT molecular complexity index is 521. The third kappa shape index (κ3) is 2.87. The van der Waals surface area contributed by atoms with E-state index in [0.717, 1.165) is 36.6 Å². The third-order valence-corrected chi connectivity index (χ3v) is 4.46. The van der Waals surface area contributed by atoms with Gasteiger partial charge in [-0.1, -0.05) is 6.07 Å². The number of aromatic nitrogens is 2. The van der Waals surface area contributed by atoms with Gasteiger partial charge in [-0.25, -0.2) is 4.98 Å². The highest BCUT2D eigenvalue weighted by molar-refractivity contribution is 7.10. The fraction of sp³-hybridized carbons (Fsp3) is 0.429. The Balaban J connectivity index is 1.63. The van der Waals surface area contributed by atoms with Crippen molar-refractivity contribution in [3.8, 4) is 0 Å². The van der Waals surface area contributed by atoms with Gasteiger partial charge in [0.15, 0.2) is 0 Å². The van der Waals surface area contributed by atoms with E-state index < -0.39 is 0 Å². The van der Waals surface area contributed by atoms with E-state index in [1.54, 1.807) is 17.5 Å². The summed E-state index contributed by atoms with van der Waals surface area (Å²) in [6, 6.07) is 4.02. The molecule has 1 fully saturated rings. The first kappa shape index (κ1) is 12.4. The van der Waals surface area contributed by atoms with Crippen LogP contribution in [0, 0.1) is 0 Å². The monoisotopic (exact) mass is 275 g/mol. The molecule has 1 amide bonds. The number of piperidine rings is 1. The normalized spacial score (nSPS) is 19.6. The summed E-state index contributed by atoms with van der Waals surface area (Å²) >= 11 is 1.65. The molecule has 0 radical (unpaired) electrons. The molecule has 1 atom stereocenters. The van der Waals surface area contributed by atoms with Crippen LogP contribution in [0.4, 0.5) is 0 Å². The molecule has 5 heteroatoms. The number of likely N-dealkylation sites (tertiary alicyclic amines) is 1. The Morgan fingerprint density at radius 3 is 3.26 bits per heavy atom. The van der Waals surface area contributed by atoms with Crippen LogP contribution in [-0.2, 0) is 11.2 Å². The summed E-state index contributed by atoms with van der Waals surface area (Å²) < 4.78 is 0. The molecule has 1 aliphatic heterocycles. The zero-order valence-corrected chi connectivity index (χ0v) is 11.5. The number of rotatable bonds is 3. The number of imidazole rings is 1. The summed E-state index contributed by atoms with van der Waals surface area (Å²) in [6.07, 6.45) is 6.32. The van der Waals surface area contributed by atoms with Crippen LogP contribution < -0.4 is 0 Å². The highest BCUT2D eigenvalue weighted by atomic mass is 32.1. The Kier molecular flexibility index (Phi) is 3.64. The van der Waals surface area contributed by atoms with Crippen LogP contribution in [0.3, 0.4) is 0 Å². The van der Waals surface area contributed by atoms with Gasteiger partial charge in [0.25, 0.3) is 0 Å². The first-order chi connectivity index (χ1) is 9.33. The molecule has 4 nitrogen and oxygen atoms in total. The van der Waals surface area contributed by atoms with E-state index in [9.17, 15) is 4.79 Å². The third-order valence-electron chi connectivity index (χ3n) is 3.59. The Morgan fingerprint density at radius 1 is 1.58 bits per heavy atom. The molecule has 2 aromatic heterocycles. The van der Waals surface area contributed by atoms with E-state index in [1.165, 1.54) is 0 Å². The van der Waals surface area contributed by atoms with Crippen molar-refractivity contribution in [2.24, 2.45) is 0 Å². The van der Waals surface area contributed by atoms with Crippen LogP contribution in [0.5, 0.6) is 0 Å². The van der Waals surface area contributed by atoms with Gasteiger partial charge in [0.2, 0.25) is 5.91 Å². The number of hydrogen-bond acceptors (Lipinski definition) is 3. The molecule has 0 unspecified atom stereocenters. The largest absolute Gasteiger partial charge is 0.348 e. The van der Waals surface area contributed by atoms with Gasteiger partial charge in [-0.05, 0) is 24.3 Å². The van der Waals surface area contributed by atoms with E-state index in [2.05, 4.69) is 9.97 Å². The predicted molar refractivity (Wildman–Crippen MR) is 75.2 cm³/mol. The molecule has 1 N–H and O–H groups in total. The van der Waals surface area contributed by atoms with Crippen molar-refractivity contribution in [2.45, 2.75) is 25.2 Å². The van der Waals surface area contributed by atoms with Gasteiger partial charge in [0.05, 0.1) is 6.42 Å². The van der Waals surface area contributed by atoms with E-state index in [4.69, 9.17) is 0 Å². The lowest BCUT2D eigenvalue weighted by atomic mass is 9.97. The SMILES string of the molecule is O=C(Cc1cccs1)N1CCC[C@@H](c2ncc[nH]2)C1. The van der Waals surface area contributed by atoms with Crippen LogP contribution in [0.15, 0.2) is 29.9 Å². The smallest absolute Gasteiger partial charge is 0.227 e. The fourth-order valence-electron chi connectivity index (χ4n) is 2.60. The summed E-state index contributed by atoms with van der Waals surface area (Å²) in [4.78, 5) is 22.9. The molecule has 0 saturated carbocycles. The summed E-state index contributed by atoms with van der Waals surface area (Å²) in [5.74, 6) is 1.60.